The molecule has 0 saturated carbocycles. The number of likely N-dealkylation sites (tertiary alicyclic amines) is 1. The lowest BCUT2D eigenvalue weighted by Gasteiger charge is -2.27. The number of carbonyl (C=O) groups is 1. The first-order chi connectivity index (χ1) is 10.2. The quantitative estimate of drug-likeness (QED) is 0.812. The van der Waals surface area contributed by atoms with Crippen molar-refractivity contribution in [3.05, 3.63) is 28.5 Å². The predicted octanol–water partition coefficient (Wildman–Crippen LogP) is 3.76. The normalized spacial score (nSPS) is 22.0. The maximum atomic E-state index is 12.1. The Morgan fingerprint density at radius 1 is 1.45 bits per heavy atom. The van der Waals surface area contributed by atoms with E-state index in [-0.39, 0.29) is 11.7 Å². The molecule has 1 saturated heterocycles. The Morgan fingerprint density at radius 3 is 2.77 bits per heavy atom. The Labute approximate surface area is 140 Å². The summed E-state index contributed by atoms with van der Waals surface area (Å²) in [6.07, 6.45) is 2.27. The van der Waals surface area contributed by atoms with Gasteiger partial charge in [0.15, 0.2) is 0 Å². The number of ether oxygens (including phenoxy) is 2. The lowest BCUT2D eigenvalue weighted by molar-refractivity contribution is -0.0386. The first-order valence-corrected chi connectivity index (χ1v) is 8.19. The Hall–Kier alpha value is -1.14. The lowest BCUT2D eigenvalue weighted by Crippen LogP contribution is -2.39. The number of aromatic nitrogens is 1. The molecule has 1 amide bonds. The van der Waals surface area contributed by atoms with Crippen LogP contribution in [-0.4, -0.2) is 40.3 Å². The Kier molecular flexibility index (Phi) is 5.12. The van der Waals surface area contributed by atoms with Crippen molar-refractivity contribution in [2.75, 3.05) is 13.1 Å². The van der Waals surface area contributed by atoms with E-state index in [2.05, 4.69) is 20.9 Å². The van der Waals surface area contributed by atoms with Crippen LogP contribution in [0.1, 0.15) is 39.8 Å². The van der Waals surface area contributed by atoms with E-state index in [4.69, 9.17) is 9.47 Å². The highest BCUT2D eigenvalue weighted by atomic mass is 79.9. The van der Waals surface area contributed by atoms with Gasteiger partial charge in [0.25, 0.3) is 0 Å². The van der Waals surface area contributed by atoms with Crippen molar-refractivity contribution in [3.63, 3.8) is 0 Å². The number of nitrogens with zero attached hydrogens (tertiary/aromatic N) is 2. The molecule has 1 aliphatic rings. The molecule has 1 unspecified atom stereocenters. The van der Waals surface area contributed by atoms with Gasteiger partial charge in [0, 0.05) is 17.2 Å². The lowest BCUT2D eigenvalue weighted by atomic mass is 10.1. The van der Waals surface area contributed by atoms with Gasteiger partial charge in [0.2, 0.25) is 0 Å². The van der Waals surface area contributed by atoms with Gasteiger partial charge in [0.1, 0.15) is 5.60 Å². The van der Waals surface area contributed by atoms with E-state index < -0.39 is 5.60 Å². The summed E-state index contributed by atoms with van der Waals surface area (Å²) in [5.41, 5.74) is 0.0457. The monoisotopic (exact) mass is 370 g/mol. The first-order valence-electron chi connectivity index (χ1n) is 7.39. The summed E-state index contributed by atoms with van der Waals surface area (Å²) in [5.74, 6) is 0. The van der Waals surface area contributed by atoms with Gasteiger partial charge >= 0.3 is 6.09 Å². The summed E-state index contributed by atoms with van der Waals surface area (Å²) in [5, 5.41) is 0. The second kappa shape index (κ2) is 6.54. The number of amides is 1. The van der Waals surface area contributed by atoms with Gasteiger partial charge in [-0.05, 0) is 62.2 Å². The molecule has 0 aromatic carbocycles. The molecule has 1 atom stereocenters. The molecular formula is C16H23BrN2O3. The molecule has 0 spiro atoms. The third kappa shape index (κ3) is 4.95. The van der Waals surface area contributed by atoms with Gasteiger partial charge < -0.3 is 14.4 Å². The summed E-state index contributed by atoms with van der Waals surface area (Å²) < 4.78 is 12.3. The maximum absolute atomic E-state index is 12.1. The van der Waals surface area contributed by atoms with Crippen LogP contribution >= 0.6 is 15.9 Å². The van der Waals surface area contributed by atoms with Gasteiger partial charge in [-0.1, -0.05) is 0 Å². The second-order valence-corrected chi connectivity index (χ2v) is 7.77. The molecule has 0 aliphatic carbocycles. The predicted molar refractivity (Wildman–Crippen MR) is 87.6 cm³/mol. The molecular weight excluding hydrogens is 348 g/mol. The van der Waals surface area contributed by atoms with Crippen molar-refractivity contribution in [3.8, 4) is 0 Å². The third-order valence-electron chi connectivity index (χ3n) is 3.44. The molecule has 2 heterocycles. The average molecular weight is 371 g/mol. The minimum Gasteiger partial charge on any atom is -0.444 e. The van der Waals surface area contributed by atoms with Crippen molar-refractivity contribution in [2.24, 2.45) is 0 Å². The smallest absolute Gasteiger partial charge is 0.410 e. The summed E-state index contributed by atoms with van der Waals surface area (Å²) in [7, 11) is 0. The summed E-state index contributed by atoms with van der Waals surface area (Å²) in [4.78, 5) is 18.1. The topological polar surface area (TPSA) is 51.7 Å². The van der Waals surface area contributed by atoms with E-state index in [1.165, 1.54) is 0 Å². The number of pyridine rings is 1. The summed E-state index contributed by atoms with van der Waals surface area (Å²) in [6.45, 7) is 9.27. The second-order valence-electron chi connectivity index (χ2n) is 6.86. The SMILES string of the molecule is CC(C)(C)OC(=O)N1CCC(C)(OCc2ccc(Br)cn2)C1. The van der Waals surface area contributed by atoms with Crippen LogP contribution in [0.25, 0.3) is 0 Å². The van der Waals surface area contributed by atoms with Crippen LogP contribution in [0.4, 0.5) is 4.79 Å². The highest BCUT2D eigenvalue weighted by Gasteiger charge is 2.38. The van der Waals surface area contributed by atoms with Gasteiger partial charge in [-0.15, -0.1) is 0 Å². The Morgan fingerprint density at radius 2 is 2.18 bits per heavy atom. The van der Waals surface area contributed by atoms with Gasteiger partial charge in [-0.25, -0.2) is 4.79 Å². The molecule has 2 rings (SSSR count). The van der Waals surface area contributed by atoms with Crippen LogP contribution in [0.15, 0.2) is 22.8 Å². The van der Waals surface area contributed by atoms with E-state index in [0.29, 0.717) is 19.7 Å². The van der Waals surface area contributed by atoms with Crippen LogP contribution in [0.5, 0.6) is 0 Å². The molecule has 22 heavy (non-hydrogen) atoms. The van der Waals surface area contributed by atoms with E-state index in [0.717, 1.165) is 16.6 Å². The van der Waals surface area contributed by atoms with E-state index in [1.54, 1.807) is 11.1 Å². The molecule has 1 aliphatic heterocycles. The average Bonchev–Trinajstić information content (AvgIpc) is 2.80. The van der Waals surface area contributed by atoms with Crippen LogP contribution in [0, 0.1) is 0 Å². The highest BCUT2D eigenvalue weighted by molar-refractivity contribution is 9.10. The fraction of sp³-hybridized carbons (Fsp3) is 0.625. The Bertz CT molecular complexity index is 527. The van der Waals surface area contributed by atoms with Crippen molar-refractivity contribution >= 4 is 22.0 Å². The number of carbonyl (C=O) groups excluding carboxylic acids is 1. The molecule has 1 aromatic heterocycles. The minimum absolute atomic E-state index is 0.276. The van der Waals surface area contributed by atoms with Crippen molar-refractivity contribution < 1.29 is 14.3 Å². The number of halogens is 1. The zero-order chi connectivity index (χ0) is 16.4. The van der Waals surface area contributed by atoms with Crippen molar-refractivity contribution in [2.45, 2.75) is 51.9 Å². The number of hydrogen-bond acceptors (Lipinski definition) is 4. The van der Waals surface area contributed by atoms with Gasteiger partial charge in [-0.3, -0.25) is 4.98 Å². The van der Waals surface area contributed by atoms with E-state index in [1.807, 2.05) is 39.8 Å². The minimum atomic E-state index is -0.474. The van der Waals surface area contributed by atoms with Crippen LogP contribution < -0.4 is 0 Å². The maximum Gasteiger partial charge on any atom is 0.410 e. The van der Waals surface area contributed by atoms with E-state index >= 15 is 0 Å². The molecule has 0 N–H and O–H groups in total. The highest BCUT2D eigenvalue weighted by Crippen LogP contribution is 2.27. The Balaban J connectivity index is 1.87. The van der Waals surface area contributed by atoms with E-state index in [9.17, 15) is 4.79 Å². The van der Waals surface area contributed by atoms with Crippen molar-refractivity contribution in [1.29, 1.82) is 0 Å². The first kappa shape index (κ1) is 17.2. The summed E-state index contributed by atoms with van der Waals surface area (Å²) >= 11 is 3.36. The fourth-order valence-corrected chi connectivity index (χ4v) is 2.51. The van der Waals surface area contributed by atoms with Gasteiger partial charge in [0.05, 0.1) is 24.4 Å². The number of rotatable bonds is 3. The van der Waals surface area contributed by atoms with Crippen LogP contribution in [0.3, 0.4) is 0 Å². The van der Waals surface area contributed by atoms with Crippen LogP contribution in [0.2, 0.25) is 0 Å². The number of hydrogen-bond donors (Lipinski definition) is 0. The fourth-order valence-electron chi connectivity index (χ4n) is 2.27. The molecule has 6 heteroatoms. The largest absolute Gasteiger partial charge is 0.444 e. The molecule has 0 radical (unpaired) electrons. The molecule has 1 aromatic rings. The van der Waals surface area contributed by atoms with Crippen molar-refractivity contribution in [1.82, 2.24) is 9.88 Å². The zero-order valence-electron chi connectivity index (χ0n) is 13.6. The van der Waals surface area contributed by atoms with Crippen LogP contribution in [-0.2, 0) is 16.1 Å². The molecule has 0 bridgehead atoms. The standard InChI is InChI=1S/C16H23BrN2O3/c1-15(2,3)22-14(20)19-8-7-16(4,11-19)21-10-13-6-5-12(17)9-18-13/h5-6,9H,7-8,10-11H2,1-4H3. The summed E-state index contributed by atoms with van der Waals surface area (Å²) in [6, 6.07) is 3.86. The molecule has 5 nitrogen and oxygen atoms in total. The molecule has 1 fully saturated rings. The third-order valence-corrected chi connectivity index (χ3v) is 3.91. The molecule has 122 valence electrons. The zero-order valence-corrected chi connectivity index (χ0v) is 15.1. The van der Waals surface area contributed by atoms with Gasteiger partial charge in [-0.2, -0.15) is 0 Å².